The molecule has 0 bridgehead atoms. The Morgan fingerprint density at radius 3 is 2.42 bits per heavy atom. The van der Waals surface area contributed by atoms with Gasteiger partial charge in [0, 0.05) is 22.1 Å². The Morgan fingerprint density at radius 2 is 1.77 bits per heavy atom. The number of H-pyrrole nitrogens is 1. The zero-order chi connectivity index (χ0) is 18.7. The molecule has 2 N–H and O–H groups in total. The van der Waals surface area contributed by atoms with Crippen LogP contribution in [0.1, 0.15) is 16.8 Å². The third-order valence-corrected chi connectivity index (χ3v) is 4.34. The molecule has 1 aromatic heterocycles. The van der Waals surface area contributed by atoms with Crippen molar-refractivity contribution >= 4 is 33.9 Å². The molecule has 3 rings (SSSR count). The van der Waals surface area contributed by atoms with E-state index in [4.69, 9.17) is 0 Å². The van der Waals surface area contributed by atoms with Crippen LogP contribution in [0.15, 0.2) is 62.8 Å². The molecule has 0 aliphatic rings. The number of carbonyl (C=O) groups is 1. The average Bonchev–Trinajstić information content (AvgIpc) is 2.90. The maximum Gasteiger partial charge on any atom is 0.345 e. The quantitative estimate of drug-likeness (QED) is 0.632. The van der Waals surface area contributed by atoms with Crippen molar-refractivity contribution in [1.82, 2.24) is 9.78 Å². The number of carbonyl (C=O) groups excluding carboxylic acids is 1. The van der Waals surface area contributed by atoms with Crippen molar-refractivity contribution in [2.24, 2.45) is 4.99 Å². The monoisotopic (exact) mass is 412 g/mol. The third-order valence-electron chi connectivity index (χ3n) is 3.82. The molecule has 0 aliphatic heterocycles. The molecule has 0 saturated carbocycles. The molecule has 7 heteroatoms. The number of aromatic nitrogens is 2. The number of hydrogen-bond acceptors (Lipinski definition) is 2. The second-order valence-electron chi connectivity index (χ2n) is 5.82. The molecule has 26 heavy (non-hydrogen) atoms. The summed E-state index contributed by atoms with van der Waals surface area (Å²) < 4.78 is 2.35. The highest BCUT2D eigenvalue weighted by Crippen LogP contribution is 2.14. The van der Waals surface area contributed by atoms with Crippen molar-refractivity contribution in [3.63, 3.8) is 0 Å². The van der Waals surface area contributed by atoms with E-state index in [1.807, 2.05) is 43.3 Å². The standard InChI is InChI=1S/C19H17BrN4O2/c1-12-3-9-16(10-4-12)24-18(25)17(13(2)23-24)11-21-19(26)22-15-7-5-14(20)6-8-15/h3-11,23H,1-2H3,(H,22,26)/b21-11+. The zero-order valence-corrected chi connectivity index (χ0v) is 15.9. The van der Waals surface area contributed by atoms with Crippen molar-refractivity contribution < 1.29 is 4.79 Å². The fraction of sp³-hybridized carbons (Fsp3) is 0.105. The smallest absolute Gasteiger partial charge is 0.306 e. The number of benzene rings is 2. The molecular weight excluding hydrogens is 396 g/mol. The molecule has 1 heterocycles. The average molecular weight is 413 g/mol. The highest BCUT2D eigenvalue weighted by Gasteiger charge is 2.11. The fourth-order valence-electron chi connectivity index (χ4n) is 2.40. The van der Waals surface area contributed by atoms with E-state index in [0.717, 1.165) is 15.7 Å². The van der Waals surface area contributed by atoms with Crippen LogP contribution in [-0.2, 0) is 0 Å². The maximum absolute atomic E-state index is 12.6. The number of anilines is 1. The Balaban J connectivity index is 1.80. The largest absolute Gasteiger partial charge is 0.345 e. The van der Waals surface area contributed by atoms with Gasteiger partial charge in [-0.05, 0) is 50.2 Å². The Bertz CT molecular complexity index is 1020. The Morgan fingerprint density at radius 1 is 1.12 bits per heavy atom. The predicted molar refractivity (Wildman–Crippen MR) is 107 cm³/mol. The summed E-state index contributed by atoms with van der Waals surface area (Å²) in [5.74, 6) is 0. The SMILES string of the molecule is Cc1ccc(-n2[nH]c(C)c(/C=N/C(=O)Nc3ccc(Br)cc3)c2=O)cc1. The molecule has 0 spiro atoms. The van der Waals surface area contributed by atoms with E-state index < -0.39 is 6.03 Å². The van der Waals surface area contributed by atoms with E-state index >= 15 is 0 Å². The lowest BCUT2D eigenvalue weighted by Crippen LogP contribution is -2.17. The Hall–Kier alpha value is -2.93. The zero-order valence-electron chi connectivity index (χ0n) is 14.3. The van der Waals surface area contributed by atoms with Gasteiger partial charge in [-0.1, -0.05) is 33.6 Å². The van der Waals surface area contributed by atoms with Gasteiger partial charge in [-0.3, -0.25) is 9.89 Å². The molecule has 0 fully saturated rings. The van der Waals surface area contributed by atoms with E-state index in [2.05, 4.69) is 31.3 Å². The summed E-state index contributed by atoms with van der Waals surface area (Å²) in [4.78, 5) is 28.4. The van der Waals surface area contributed by atoms with Crippen molar-refractivity contribution in [3.05, 3.63) is 80.2 Å². The van der Waals surface area contributed by atoms with Gasteiger partial charge >= 0.3 is 6.03 Å². The van der Waals surface area contributed by atoms with Crippen LogP contribution in [-0.4, -0.2) is 22.0 Å². The topological polar surface area (TPSA) is 79.2 Å². The first-order valence-corrected chi connectivity index (χ1v) is 8.72. The molecular formula is C19H17BrN4O2. The van der Waals surface area contributed by atoms with Crippen LogP contribution in [0.2, 0.25) is 0 Å². The van der Waals surface area contributed by atoms with E-state index in [-0.39, 0.29) is 5.56 Å². The summed E-state index contributed by atoms with van der Waals surface area (Å²) in [6.07, 6.45) is 1.28. The highest BCUT2D eigenvalue weighted by atomic mass is 79.9. The van der Waals surface area contributed by atoms with Crippen molar-refractivity contribution in [3.8, 4) is 5.69 Å². The Labute approximate surface area is 158 Å². The summed E-state index contributed by atoms with van der Waals surface area (Å²) >= 11 is 3.33. The summed E-state index contributed by atoms with van der Waals surface area (Å²) in [5.41, 5.74) is 3.18. The van der Waals surface area contributed by atoms with E-state index in [9.17, 15) is 9.59 Å². The first-order valence-electron chi connectivity index (χ1n) is 7.93. The van der Waals surface area contributed by atoms with Gasteiger partial charge in [-0.2, -0.15) is 0 Å². The van der Waals surface area contributed by atoms with Crippen LogP contribution in [0.4, 0.5) is 10.5 Å². The predicted octanol–water partition coefficient (Wildman–Crippen LogP) is 4.20. The number of aromatic amines is 1. The maximum atomic E-state index is 12.6. The number of halogens is 1. The molecule has 6 nitrogen and oxygen atoms in total. The molecule has 132 valence electrons. The molecule has 3 aromatic rings. The van der Waals surface area contributed by atoms with Crippen LogP contribution in [0.3, 0.4) is 0 Å². The first-order chi connectivity index (χ1) is 12.4. The molecule has 0 aliphatic carbocycles. The highest BCUT2D eigenvalue weighted by molar-refractivity contribution is 9.10. The number of aryl methyl sites for hydroxylation is 2. The fourth-order valence-corrected chi connectivity index (χ4v) is 2.66. The third kappa shape index (κ3) is 4.00. The number of nitrogens with one attached hydrogen (secondary N) is 2. The van der Waals surface area contributed by atoms with Crippen molar-refractivity contribution in [2.75, 3.05) is 5.32 Å². The lowest BCUT2D eigenvalue weighted by molar-refractivity contribution is 0.259. The van der Waals surface area contributed by atoms with E-state index in [1.54, 1.807) is 19.1 Å². The van der Waals surface area contributed by atoms with Gasteiger partial charge in [0.25, 0.3) is 5.56 Å². The van der Waals surface area contributed by atoms with Crippen LogP contribution in [0, 0.1) is 13.8 Å². The molecule has 0 saturated heterocycles. The number of amides is 2. The molecule has 2 aromatic carbocycles. The van der Waals surface area contributed by atoms with Gasteiger partial charge in [-0.15, -0.1) is 0 Å². The number of rotatable bonds is 3. The van der Waals surface area contributed by atoms with Gasteiger partial charge in [0.2, 0.25) is 0 Å². The second kappa shape index (κ2) is 7.53. The van der Waals surface area contributed by atoms with E-state index in [1.165, 1.54) is 10.9 Å². The summed E-state index contributed by atoms with van der Waals surface area (Å²) in [7, 11) is 0. The minimum absolute atomic E-state index is 0.258. The lowest BCUT2D eigenvalue weighted by Gasteiger charge is -2.01. The van der Waals surface area contributed by atoms with E-state index in [0.29, 0.717) is 16.9 Å². The Kier molecular flexibility index (Phi) is 5.18. The number of aliphatic imine (C=N–C) groups is 1. The number of urea groups is 1. The van der Waals surface area contributed by atoms with Gasteiger partial charge < -0.3 is 5.32 Å². The minimum atomic E-state index is -0.547. The lowest BCUT2D eigenvalue weighted by atomic mass is 10.2. The first kappa shape index (κ1) is 17.9. The number of nitrogens with zero attached hydrogens (tertiary/aromatic N) is 2. The van der Waals surface area contributed by atoms with Crippen LogP contribution in [0.5, 0.6) is 0 Å². The normalized spacial score (nSPS) is 11.0. The van der Waals surface area contributed by atoms with Gasteiger partial charge in [0.1, 0.15) is 0 Å². The molecule has 0 unspecified atom stereocenters. The van der Waals surface area contributed by atoms with Crippen LogP contribution in [0.25, 0.3) is 5.69 Å². The molecule has 0 atom stereocenters. The van der Waals surface area contributed by atoms with Gasteiger partial charge in [0.15, 0.2) is 0 Å². The summed E-state index contributed by atoms with van der Waals surface area (Å²) in [5, 5.41) is 5.65. The molecule has 0 radical (unpaired) electrons. The second-order valence-corrected chi connectivity index (χ2v) is 6.74. The van der Waals surface area contributed by atoms with Crippen molar-refractivity contribution in [1.29, 1.82) is 0 Å². The summed E-state index contributed by atoms with van der Waals surface area (Å²) in [6.45, 7) is 3.74. The van der Waals surface area contributed by atoms with Gasteiger partial charge in [0.05, 0.1) is 11.3 Å². The van der Waals surface area contributed by atoms with Gasteiger partial charge in [-0.25, -0.2) is 14.5 Å². The molecule has 2 amide bonds. The number of hydrogen-bond donors (Lipinski definition) is 2. The summed E-state index contributed by atoms with van der Waals surface area (Å²) in [6, 6.07) is 14.2. The van der Waals surface area contributed by atoms with Crippen LogP contribution >= 0.6 is 15.9 Å². The van der Waals surface area contributed by atoms with Crippen LogP contribution < -0.4 is 10.9 Å². The minimum Gasteiger partial charge on any atom is -0.306 e. The van der Waals surface area contributed by atoms with Crippen molar-refractivity contribution in [2.45, 2.75) is 13.8 Å².